The third-order valence-corrected chi connectivity index (χ3v) is 4.82. The first kappa shape index (κ1) is 21.0. The van der Waals surface area contributed by atoms with Gasteiger partial charge in [0.15, 0.2) is 5.78 Å². The molecular formula is C24H23NO5. The van der Waals surface area contributed by atoms with Gasteiger partial charge in [0.1, 0.15) is 5.75 Å². The molecule has 1 amide bonds. The van der Waals surface area contributed by atoms with Crippen LogP contribution in [0.1, 0.15) is 36.7 Å². The van der Waals surface area contributed by atoms with Crippen LogP contribution in [0, 0.1) is 0 Å². The van der Waals surface area contributed by atoms with Crippen molar-refractivity contribution < 1.29 is 23.9 Å². The number of carbonyl (C=O) groups is 3. The maximum absolute atomic E-state index is 13.4. The fourth-order valence-electron chi connectivity index (χ4n) is 3.40. The van der Waals surface area contributed by atoms with Gasteiger partial charge in [-0.25, -0.2) is 4.79 Å². The van der Waals surface area contributed by atoms with Crippen LogP contribution in [0.25, 0.3) is 6.08 Å². The molecule has 0 spiro atoms. The molecular weight excluding hydrogens is 382 g/mol. The molecule has 6 nitrogen and oxygen atoms in total. The average Bonchev–Trinajstić information content (AvgIpc) is 2.98. The predicted octanol–water partition coefficient (Wildman–Crippen LogP) is 4.17. The minimum atomic E-state index is -0.605. The third kappa shape index (κ3) is 3.89. The summed E-state index contributed by atoms with van der Waals surface area (Å²) in [5.74, 6) is -0.481. The van der Waals surface area contributed by atoms with E-state index in [-0.39, 0.29) is 22.8 Å². The van der Waals surface area contributed by atoms with Crippen molar-refractivity contribution >= 4 is 29.4 Å². The highest BCUT2D eigenvalue weighted by molar-refractivity contribution is 6.24. The number of hydrogen-bond donors (Lipinski definition) is 0. The topological polar surface area (TPSA) is 72.9 Å². The molecule has 6 heteroatoms. The van der Waals surface area contributed by atoms with E-state index in [0.29, 0.717) is 34.9 Å². The number of ether oxygens (including phenoxy) is 2. The van der Waals surface area contributed by atoms with E-state index in [1.165, 1.54) is 18.9 Å². The van der Waals surface area contributed by atoms with Gasteiger partial charge in [0.2, 0.25) is 0 Å². The van der Waals surface area contributed by atoms with Gasteiger partial charge in [-0.1, -0.05) is 30.3 Å². The number of amides is 1. The van der Waals surface area contributed by atoms with E-state index in [1.807, 2.05) is 25.1 Å². The zero-order chi connectivity index (χ0) is 21.8. The summed E-state index contributed by atoms with van der Waals surface area (Å²) in [7, 11) is 1.28. The zero-order valence-corrected chi connectivity index (χ0v) is 17.4. The molecule has 1 heterocycles. The van der Waals surface area contributed by atoms with E-state index in [4.69, 9.17) is 9.47 Å². The molecule has 30 heavy (non-hydrogen) atoms. The van der Waals surface area contributed by atoms with E-state index in [2.05, 4.69) is 0 Å². The molecule has 0 bridgehead atoms. The molecule has 2 aromatic carbocycles. The molecule has 2 aromatic rings. The molecule has 0 aromatic heterocycles. The highest BCUT2D eigenvalue weighted by Crippen LogP contribution is 2.36. The van der Waals surface area contributed by atoms with Gasteiger partial charge in [-0.05, 0) is 45.0 Å². The summed E-state index contributed by atoms with van der Waals surface area (Å²) >= 11 is 0. The third-order valence-electron chi connectivity index (χ3n) is 4.82. The molecule has 3 rings (SSSR count). The van der Waals surface area contributed by atoms with Crippen LogP contribution in [-0.2, 0) is 14.3 Å². The minimum absolute atomic E-state index is 0.111. The Morgan fingerprint density at radius 1 is 1.10 bits per heavy atom. The number of esters is 1. The maximum atomic E-state index is 13.4. The predicted molar refractivity (Wildman–Crippen MR) is 114 cm³/mol. The highest BCUT2D eigenvalue weighted by atomic mass is 16.5. The van der Waals surface area contributed by atoms with Crippen molar-refractivity contribution in [2.24, 2.45) is 0 Å². The number of nitrogens with zero attached hydrogens (tertiary/aromatic N) is 1. The van der Waals surface area contributed by atoms with Gasteiger partial charge >= 0.3 is 5.97 Å². The normalized spacial score (nSPS) is 15.0. The minimum Gasteiger partial charge on any atom is -0.493 e. The number of para-hydroxylation sites is 1. The lowest BCUT2D eigenvalue weighted by molar-refractivity contribution is -0.136. The first-order chi connectivity index (χ1) is 14.4. The molecule has 154 valence electrons. The summed E-state index contributed by atoms with van der Waals surface area (Å²) in [6, 6.07) is 14.0. The van der Waals surface area contributed by atoms with Crippen molar-refractivity contribution in [3.63, 3.8) is 0 Å². The molecule has 0 unspecified atom stereocenters. The lowest BCUT2D eigenvalue weighted by Crippen LogP contribution is -2.24. The number of ketones is 1. The van der Waals surface area contributed by atoms with E-state index >= 15 is 0 Å². The van der Waals surface area contributed by atoms with Gasteiger partial charge in [-0.2, -0.15) is 0 Å². The summed E-state index contributed by atoms with van der Waals surface area (Å²) in [5.41, 5.74) is 2.49. The molecule has 0 aliphatic carbocycles. The lowest BCUT2D eigenvalue weighted by atomic mass is 10.0. The molecule has 0 N–H and O–H groups in total. The van der Waals surface area contributed by atoms with Gasteiger partial charge < -0.3 is 9.47 Å². The number of allylic oxidation sites excluding steroid dienone is 1. The van der Waals surface area contributed by atoms with Crippen molar-refractivity contribution in [3.8, 4) is 5.75 Å². The SMILES string of the molecule is CCOc1ccccc1/C=C1\C(=O)N(c2cccc(C(C)=O)c2)C(C)=C1C(=O)OC. The molecule has 1 aliphatic rings. The second kappa shape index (κ2) is 8.78. The molecule has 1 aliphatic heterocycles. The molecule has 0 saturated heterocycles. The van der Waals surface area contributed by atoms with Gasteiger partial charge in [-0.15, -0.1) is 0 Å². The smallest absolute Gasteiger partial charge is 0.340 e. The Bertz CT molecular complexity index is 1080. The summed E-state index contributed by atoms with van der Waals surface area (Å²) in [6.45, 7) is 5.48. The van der Waals surface area contributed by atoms with Gasteiger partial charge in [0.05, 0.1) is 24.9 Å². The summed E-state index contributed by atoms with van der Waals surface area (Å²) in [4.78, 5) is 39.1. The largest absolute Gasteiger partial charge is 0.493 e. The molecule has 0 fully saturated rings. The zero-order valence-electron chi connectivity index (χ0n) is 17.4. The van der Waals surface area contributed by atoms with E-state index in [1.54, 1.807) is 43.3 Å². The van der Waals surface area contributed by atoms with Crippen LogP contribution in [0.3, 0.4) is 0 Å². The van der Waals surface area contributed by atoms with Crippen molar-refractivity contribution in [2.45, 2.75) is 20.8 Å². The second-order valence-electron chi connectivity index (χ2n) is 6.73. The van der Waals surface area contributed by atoms with E-state index in [0.717, 1.165) is 0 Å². The van der Waals surface area contributed by atoms with Crippen molar-refractivity contribution in [1.82, 2.24) is 0 Å². The number of Topliss-reactive ketones (excluding diaryl/α,β-unsaturated/α-hetero) is 1. The number of methoxy groups -OCH3 is 1. The summed E-state index contributed by atoms with van der Waals surface area (Å²) < 4.78 is 10.6. The highest BCUT2D eigenvalue weighted by Gasteiger charge is 2.38. The Labute approximate surface area is 175 Å². The fraction of sp³-hybridized carbons (Fsp3) is 0.208. The summed E-state index contributed by atoms with van der Waals surface area (Å²) in [6.07, 6.45) is 1.64. The first-order valence-corrected chi connectivity index (χ1v) is 9.57. The van der Waals surface area contributed by atoms with Crippen LogP contribution in [0.4, 0.5) is 5.69 Å². The Hall–Kier alpha value is -3.67. The van der Waals surface area contributed by atoms with Crippen LogP contribution in [0.15, 0.2) is 65.4 Å². The Kier molecular flexibility index (Phi) is 6.16. The van der Waals surface area contributed by atoms with E-state index in [9.17, 15) is 14.4 Å². The fourth-order valence-corrected chi connectivity index (χ4v) is 3.40. The van der Waals surface area contributed by atoms with Crippen LogP contribution in [0.5, 0.6) is 5.75 Å². The van der Waals surface area contributed by atoms with Crippen molar-refractivity contribution in [1.29, 1.82) is 0 Å². The Morgan fingerprint density at radius 3 is 2.50 bits per heavy atom. The lowest BCUT2D eigenvalue weighted by Gasteiger charge is -2.18. The Balaban J connectivity index is 2.16. The van der Waals surface area contributed by atoms with Gasteiger partial charge in [0, 0.05) is 22.5 Å². The maximum Gasteiger partial charge on any atom is 0.340 e. The van der Waals surface area contributed by atoms with E-state index < -0.39 is 5.97 Å². The number of anilines is 1. The number of hydrogen-bond acceptors (Lipinski definition) is 5. The van der Waals surface area contributed by atoms with Crippen LogP contribution in [0.2, 0.25) is 0 Å². The first-order valence-electron chi connectivity index (χ1n) is 9.57. The quantitative estimate of drug-likeness (QED) is 0.410. The van der Waals surface area contributed by atoms with Crippen molar-refractivity contribution in [2.75, 3.05) is 18.6 Å². The van der Waals surface area contributed by atoms with Gasteiger partial charge in [0.25, 0.3) is 5.91 Å². The van der Waals surface area contributed by atoms with Crippen LogP contribution >= 0.6 is 0 Å². The average molecular weight is 405 g/mol. The summed E-state index contributed by atoms with van der Waals surface area (Å²) in [5, 5.41) is 0. The number of rotatable bonds is 6. The van der Waals surface area contributed by atoms with Crippen LogP contribution in [-0.4, -0.2) is 31.4 Å². The van der Waals surface area contributed by atoms with Gasteiger partial charge in [-0.3, -0.25) is 14.5 Å². The Morgan fingerprint density at radius 2 is 1.83 bits per heavy atom. The van der Waals surface area contributed by atoms with Crippen LogP contribution < -0.4 is 9.64 Å². The second-order valence-corrected chi connectivity index (χ2v) is 6.73. The van der Waals surface area contributed by atoms with Crippen molar-refractivity contribution in [3.05, 3.63) is 76.5 Å². The monoisotopic (exact) mass is 405 g/mol. The standard InChI is InChI=1S/C24H23NO5/c1-5-30-21-12-7-6-9-18(21)14-20-22(24(28)29-4)15(2)25(23(20)27)19-11-8-10-17(13-19)16(3)26/h6-14H,5H2,1-4H3/b20-14-. The number of carbonyl (C=O) groups excluding carboxylic acids is 3. The molecule has 0 radical (unpaired) electrons. The number of benzene rings is 2. The molecule has 0 atom stereocenters. The molecule has 0 saturated carbocycles.